The largest absolute Gasteiger partial charge is 0.465 e. The number of carbonyl (C=O) groups excluding carboxylic acids is 1. The Morgan fingerprint density at radius 2 is 2.18 bits per heavy atom. The molecule has 0 aromatic carbocycles. The molecule has 0 radical (unpaired) electrons. The van der Waals surface area contributed by atoms with E-state index >= 15 is 0 Å². The van der Waals surface area contributed by atoms with Gasteiger partial charge >= 0.3 is 5.97 Å². The number of ether oxygens (including phenoxy) is 1. The van der Waals surface area contributed by atoms with Crippen molar-refractivity contribution in [2.75, 3.05) is 7.11 Å². The number of aromatic nitrogens is 2. The number of hydrogen-bond acceptors (Lipinski definition) is 5. The van der Waals surface area contributed by atoms with E-state index in [0.29, 0.717) is 17.0 Å². The number of nitrogens with zero attached hydrogens (tertiary/aromatic N) is 2. The summed E-state index contributed by atoms with van der Waals surface area (Å²) in [6.45, 7) is 3.55. The normalized spacial score (nSPS) is 10.3. The van der Waals surface area contributed by atoms with Crippen LogP contribution in [0.1, 0.15) is 21.8 Å². The van der Waals surface area contributed by atoms with E-state index in [1.54, 1.807) is 19.2 Å². The molecular formula is C12H12N2O3. The van der Waals surface area contributed by atoms with E-state index in [4.69, 9.17) is 9.26 Å². The fourth-order valence-corrected chi connectivity index (χ4v) is 1.60. The lowest BCUT2D eigenvalue weighted by Crippen LogP contribution is -2.03. The van der Waals surface area contributed by atoms with Gasteiger partial charge in [0.15, 0.2) is 0 Å². The first-order valence-corrected chi connectivity index (χ1v) is 5.11. The molecule has 17 heavy (non-hydrogen) atoms. The lowest BCUT2D eigenvalue weighted by molar-refractivity contribution is 0.0599. The van der Waals surface area contributed by atoms with Crippen LogP contribution in [0.5, 0.6) is 0 Å². The van der Waals surface area contributed by atoms with E-state index in [1.807, 2.05) is 13.0 Å². The number of hydrogen-bond donors (Lipinski definition) is 0. The average molecular weight is 232 g/mol. The van der Waals surface area contributed by atoms with E-state index in [1.165, 1.54) is 7.11 Å². The number of rotatable bonds is 2. The Kier molecular flexibility index (Phi) is 2.91. The molecule has 0 aliphatic heterocycles. The molecule has 88 valence electrons. The summed E-state index contributed by atoms with van der Waals surface area (Å²) in [7, 11) is 1.33. The maximum Gasteiger partial charge on any atom is 0.343 e. The van der Waals surface area contributed by atoms with Crippen molar-refractivity contribution in [3.63, 3.8) is 0 Å². The summed E-state index contributed by atoms with van der Waals surface area (Å²) in [5.41, 5.74) is 2.48. The maximum atomic E-state index is 11.6. The summed E-state index contributed by atoms with van der Waals surface area (Å²) in [4.78, 5) is 15.7. The van der Waals surface area contributed by atoms with Gasteiger partial charge in [-0.2, -0.15) is 0 Å². The Bertz CT molecular complexity index is 561. The van der Waals surface area contributed by atoms with Crippen LogP contribution in [-0.4, -0.2) is 23.2 Å². The van der Waals surface area contributed by atoms with Gasteiger partial charge in [0.2, 0.25) is 0 Å². The summed E-state index contributed by atoms with van der Waals surface area (Å²) < 4.78 is 9.75. The first-order valence-electron chi connectivity index (χ1n) is 5.11. The van der Waals surface area contributed by atoms with E-state index in [-0.39, 0.29) is 0 Å². The maximum absolute atomic E-state index is 11.6. The van der Waals surface area contributed by atoms with Gasteiger partial charge < -0.3 is 9.26 Å². The van der Waals surface area contributed by atoms with Crippen LogP contribution in [0.25, 0.3) is 11.3 Å². The molecule has 0 N–H and O–H groups in total. The number of carbonyl (C=O) groups is 1. The Morgan fingerprint density at radius 3 is 2.82 bits per heavy atom. The quantitative estimate of drug-likeness (QED) is 0.742. The summed E-state index contributed by atoms with van der Waals surface area (Å²) in [5, 5.41) is 3.89. The first-order chi connectivity index (χ1) is 8.13. The second-order valence-electron chi connectivity index (χ2n) is 3.64. The Labute approximate surface area is 98.4 Å². The average Bonchev–Trinajstić information content (AvgIpc) is 2.70. The molecular weight excluding hydrogens is 220 g/mol. The van der Waals surface area contributed by atoms with Crippen LogP contribution in [0.4, 0.5) is 0 Å². The Morgan fingerprint density at radius 1 is 1.41 bits per heavy atom. The summed E-state index contributed by atoms with van der Waals surface area (Å²) >= 11 is 0. The zero-order valence-corrected chi connectivity index (χ0v) is 9.85. The van der Waals surface area contributed by atoms with Crippen LogP contribution in [-0.2, 0) is 4.74 Å². The molecule has 0 fully saturated rings. The molecule has 2 aromatic heterocycles. The fourth-order valence-electron chi connectivity index (χ4n) is 1.60. The molecule has 0 bridgehead atoms. The van der Waals surface area contributed by atoms with Gasteiger partial charge in [0.25, 0.3) is 0 Å². The molecule has 2 aromatic rings. The van der Waals surface area contributed by atoms with Gasteiger partial charge in [-0.3, -0.25) is 4.98 Å². The van der Waals surface area contributed by atoms with E-state index in [2.05, 4.69) is 10.1 Å². The van der Waals surface area contributed by atoms with Crippen LogP contribution in [0.15, 0.2) is 22.9 Å². The molecule has 5 heteroatoms. The number of esters is 1. The minimum atomic E-state index is -0.451. The van der Waals surface area contributed by atoms with Crippen molar-refractivity contribution in [1.82, 2.24) is 10.1 Å². The van der Waals surface area contributed by atoms with Crippen molar-refractivity contribution in [2.24, 2.45) is 0 Å². The van der Waals surface area contributed by atoms with Gasteiger partial charge in [-0.25, -0.2) is 4.79 Å². The highest BCUT2D eigenvalue weighted by molar-refractivity contribution is 5.96. The Balaban J connectivity index is 2.57. The van der Waals surface area contributed by atoms with Crippen LogP contribution in [0, 0.1) is 13.8 Å². The third-order valence-corrected chi connectivity index (χ3v) is 2.42. The highest BCUT2D eigenvalue weighted by atomic mass is 16.5. The fraction of sp³-hybridized carbons (Fsp3) is 0.250. The van der Waals surface area contributed by atoms with Crippen molar-refractivity contribution < 1.29 is 14.1 Å². The molecule has 0 unspecified atom stereocenters. The molecule has 0 saturated carbocycles. The molecule has 0 aliphatic carbocycles. The van der Waals surface area contributed by atoms with Crippen molar-refractivity contribution >= 4 is 5.97 Å². The minimum absolute atomic E-state index is 0.359. The SMILES string of the molecule is COC(=O)c1c(-c2ccnc(C)c2)noc1C. The van der Waals surface area contributed by atoms with Gasteiger partial charge in [-0.1, -0.05) is 5.16 Å². The van der Waals surface area contributed by atoms with Crippen molar-refractivity contribution in [1.29, 1.82) is 0 Å². The van der Waals surface area contributed by atoms with Crippen molar-refractivity contribution in [2.45, 2.75) is 13.8 Å². The summed E-state index contributed by atoms with van der Waals surface area (Å²) in [6, 6.07) is 3.61. The third-order valence-electron chi connectivity index (χ3n) is 2.42. The molecule has 0 amide bonds. The van der Waals surface area contributed by atoms with Gasteiger partial charge in [0, 0.05) is 17.5 Å². The zero-order valence-electron chi connectivity index (χ0n) is 9.85. The molecule has 2 heterocycles. The van der Waals surface area contributed by atoms with Crippen LogP contribution < -0.4 is 0 Å². The van der Waals surface area contributed by atoms with E-state index in [0.717, 1.165) is 11.3 Å². The highest BCUT2D eigenvalue weighted by Gasteiger charge is 2.22. The first kappa shape index (κ1) is 11.3. The van der Waals surface area contributed by atoms with E-state index < -0.39 is 5.97 Å². The predicted molar refractivity (Wildman–Crippen MR) is 60.5 cm³/mol. The third kappa shape index (κ3) is 2.04. The topological polar surface area (TPSA) is 65.2 Å². The molecule has 0 saturated heterocycles. The van der Waals surface area contributed by atoms with Crippen LogP contribution >= 0.6 is 0 Å². The van der Waals surface area contributed by atoms with Crippen molar-refractivity contribution in [3.8, 4) is 11.3 Å². The zero-order chi connectivity index (χ0) is 12.4. The molecule has 0 spiro atoms. The van der Waals surface area contributed by atoms with Gasteiger partial charge in [0.05, 0.1) is 7.11 Å². The van der Waals surface area contributed by atoms with Crippen molar-refractivity contribution in [3.05, 3.63) is 35.3 Å². The number of methoxy groups -OCH3 is 1. The van der Waals surface area contributed by atoms with Gasteiger partial charge in [-0.15, -0.1) is 0 Å². The molecule has 5 nitrogen and oxygen atoms in total. The summed E-state index contributed by atoms with van der Waals surface area (Å²) in [6.07, 6.45) is 1.66. The lowest BCUT2D eigenvalue weighted by atomic mass is 10.1. The molecule has 0 atom stereocenters. The second-order valence-corrected chi connectivity index (χ2v) is 3.64. The van der Waals surface area contributed by atoms with Gasteiger partial charge in [-0.05, 0) is 26.0 Å². The predicted octanol–water partition coefficient (Wildman–Crippen LogP) is 2.14. The van der Waals surface area contributed by atoms with Crippen LogP contribution in [0.2, 0.25) is 0 Å². The second kappa shape index (κ2) is 4.37. The van der Waals surface area contributed by atoms with Gasteiger partial charge in [0.1, 0.15) is 17.0 Å². The molecule has 2 rings (SSSR count). The number of aryl methyl sites for hydroxylation is 2. The highest BCUT2D eigenvalue weighted by Crippen LogP contribution is 2.25. The summed E-state index contributed by atoms with van der Waals surface area (Å²) in [5.74, 6) is -0.00506. The van der Waals surface area contributed by atoms with Crippen LogP contribution in [0.3, 0.4) is 0 Å². The smallest absolute Gasteiger partial charge is 0.343 e. The lowest BCUT2D eigenvalue weighted by Gasteiger charge is -2.01. The Hall–Kier alpha value is -2.17. The minimum Gasteiger partial charge on any atom is -0.465 e. The molecule has 0 aliphatic rings. The standard InChI is InChI=1S/C12H12N2O3/c1-7-6-9(4-5-13-7)11-10(12(15)16-3)8(2)17-14-11/h4-6H,1-3H3. The van der Waals surface area contributed by atoms with E-state index in [9.17, 15) is 4.79 Å². The number of pyridine rings is 1. The monoisotopic (exact) mass is 232 g/mol.